The van der Waals surface area contributed by atoms with E-state index in [4.69, 9.17) is 4.74 Å². The maximum Gasteiger partial charge on any atom is 0.334 e. The van der Waals surface area contributed by atoms with Crippen LogP contribution >= 0.6 is 0 Å². The Morgan fingerprint density at radius 2 is 1.94 bits per heavy atom. The topological polar surface area (TPSA) is 46.5 Å². The van der Waals surface area contributed by atoms with E-state index in [9.17, 15) is 9.90 Å². The predicted octanol–water partition coefficient (Wildman–Crippen LogP) is 1.99. The Balaban J connectivity index is 2.01. The second-order valence-electron chi connectivity index (χ2n) is 5.66. The summed E-state index contributed by atoms with van der Waals surface area (Å²) in [4.78, 5) is 11.7. The number of aliphatic hydroxyl groups is 1. The van der Waals surface area contributed by atoms with E-state index in [0.717, 1.165) is 24.0 Å². The van der Waals surface area contributed by atoms with E-state index in [1.165, 1.54) is 0 Å². The first-order valence-electron chi connectivity index (χ1n) is 6.45. The zero-order valence-electron chi connectivity index (χ0n) is 10.4. The summed E-state index contributed by atoms with van der Waals surface area (Å²) < 4.78 is 5.49. The van der Waals surface area contributed by atoms with E-state index in [1.807, 2.05) is 0 Å². The Kier molecular flexibility index (Phi) is 2.49. The van der Waals surface area contributed by atoms with E-state index in [0.29, 0.717) is 12.0 Å². The Morgan fingerprint density at radius 3 is 2.67 bits per heavy atom. The zero-order valence-corrected chi connectivity index (χ0v) is 10.4. The predicted molar refractivity (Wildman–Crippen MR) is 67.6 cm³/mol. The first kappa shape index (κ1) is 11.7. The Labute approximate surface area is 107 Å². The minimum absolute atomic E-state index is 0.0169. The van der Waals surface area contributed by atoms with Gasteiger partial charge < -0.3 is 9.84 Å². The molecule has 1 aliphatic heterocycles. The SMILES string of the molecule is C=C1C(=O)O[C@@H]2[C@@H]3C(=C)[C@@H](O)C[C@@H]3C(=C)CC[C@H]12. The van der Waals surface area contributed by atoms with Crippen LogP contribution in [0.15, 0.2) is 36.5 Å². The third kappa shape index (κ3) is 1.43. The summed E-state index contributed by atoms with van der Waals surface area (Å²) in [5, 5.41) is 9.99. The van der Waals surface area contributed by atoms with E-state index in [-0.39, 0.29) is 29.8 Å². The Bertz CT molecular complexity index is 462. The number of esters is 1. The van der Waals surface area contributed by atoms with Gasteiger partial charge in [-0.1, -0.05) is 25.3 Å². The Hall–Kier alpha value is -1.35. The molecule has 0 aromatic heterocycles. The molecular formula is C15H18O3. The maximum absolute atomic E-state index is 11.7. The van der Waals surface area contributed by atoms with Crippen molar-refractivity contribution in [3.63, 3.8) is 0 Å². The van der Waals surface area contributed by atoms with E-state index in [1.54, 1.807) is 0 Å². The maximum atomic E-state index is 11.7. The summed E-state index contributed by atoms with van der Waals surface area (Å²) in [7, 11) is 0. The van der Waals surface area contributed by atoms with Crippen LogP contribution in [-0.4, -0.2) is 23.3 Å². The van der Waals surface area contributed by atoms with Crippen LogP contribution in [0.3, 0.4) is 0 Å². The third-order valence-corrected chi connectivity index (χ3v) is 4.77. The molecule has 0 aromatic carbocycles. The summed E-state index contributed by atoms with van der Waals surface area (Å²) in [5.74, 6) is -0.0128. The fourth-order valence-electron chi connectivity index (χ4n) is 3.70. The molecule has 2 saturated carbocycles. The van der Waals surface area contributed by atoms with E-state index < -0.39 is 6.10 Å². The first-order chi connectivity index (χ1) is 8.50. The van der Waals surface area contributed by atoms with Crippen LogP contribution in [-0.2, 0) is 9.53 Å². The van der Waals surface area contributed by atoms with Gasteiger partial charge in [-0.15, -0.1) is 0 Å². The molecule has 0 spiro atoms. The van der Waals surface area contributed by atoms with E-state index in [2.05, 4.69) is 19.7 Å². The minimum atomic E-state index is -0.497. The van der Waals surface area contributed by atoms with Crippen molar-refractivity contribution in [2.24, 2.45) is 17.8 Å². The highest BCUT2D eigenvalue weighted by molar-refractivity contribution is 5.91. The van der Waals surface area contributed by atoms with Crippen molar-refractivity contribution in [1.29, 1.82) is 0 Å². The average molecular weight is 246 g/mol. The van der Waals surface area contributed by atoms with Gasteiger partial charge in [0.05, 0.1) is 6.10 Å². The van der Waals surface area contributed by atoms with Gasteiger partial charge >= 0.3 is 5.97 Å². The number of hydrogen-bond donors (Lipinski definition) is 1. The van der Waals surface area contributed by atoms with Crippen LogP contribution in [0.2, 0.25) is 0 Å². The number of ether oxygens (including phenoxy) is 1. The highest BCUT2D eigenvalue weighted by Gasteiger charge is 2.52. The molecule has 1 saturated heterocycles. The second kappa shape index (κ2) is 3.82. The van der Waals surface area contributed by atoms with Crippen LogP contribution in [0, 0.1) is 17.8 Å². The number of rotatable bonds is 0. The van der Waals surface area contributed by atoms with Gasteiger partial charge in [-0.2, -0.15) is 0 Å². The van der Waals surface area contributed by atoms with Gasteiger partial charge in [0, 0.05) is 17.4 Å². The van der Waals surface area contributed by atoms with E-state index >= 15 is 0 Å². The van der Waals surface area contributed by atoms with Crippen molar-refractivity contribution in [2.75, 3.05) is 0 Å². The number of carbonyl (C=O) groups is 1. The molecule has 96 valence electrons. The summed E-state index contributed by atoms with van der Waals surface area (Å²) >= 11 is 0. The van der Waals surface area contributed by atoms with Crippen LogP contribution in [0.5, 0.6) is 0 Å². The molecule has 3 rings (SSSR count). The number of aliphatic hydroxyl groups excluding tert-OH is 1. The molecule has 0 aromatic rings. The molecule has 1 N–H and O–H groups in total. The van der Waals surface area contributed by atoms with Crippen molar-refractivity contribution in [3.05, 3.63) is 36.5 Å². The quantitative estimate of drug-likeness (QED) is 0.404. The molecule has 0 bridgehead atoms. The van der Waals surface area contributed by atoms with Crippen molar-refractivity contribution in [3.8, 4) is 0 Å². The molecule has 3 aliphatic rings. The smallest absolute Gasteiger partial charge is 0.334 e. The summed E-state index contributed by atoms with van der Waals surface area (Å²) in [6.45, 7) is 12.0. The van der Waals surface area contributed by atoms with Crippen molar-refractivity contribution in [1.82, 2.24) is 0 Å². The summed E-state index contributed by atoms with van der Waals surface area (Å²) in [6, 6.07) is 0. The van der Waals surface area contributed by atoms with Gasteiger partial charge in [0.15, 0.2) is 0 Å². The standard InChI is InChI=1S/C15H18O3/c1-7-4-5-10-8(2)15(17)18-14(10)13-9(3)12(16)6-11(7)13/h10-14,16H,1-6H2/t10-,11-,12+,13-,14+/m1/s1. The van der Waals surface area contributed by atoms with Crippen LogP contribution in [0.25, 0.3) is 0 Å². The van der Waals surface area contributed by atoms with Gasteiger partial charge in [0.1, 0.15) is 6.10 Å². The fraction of sp³-hybridized carbons (Fsp3) is 0.533. The molecule has 1 heterocycles. The molecule has 3 nitrogen and oxygen atoms in total. The van der Waals surface area contributed by atoms with Crippen molar-refractivity contribution >= 4 is 5.97 Å². The molecule has 2 aliphatic carbocycles. The molecule has 0 unspecified atom stereocenters. The van der Waals surface area contributed by atoms with Gasteiger partial charge in [-0.05, 0) is 30.8 Å². The Morgan fingerprint density at radius 1 is 1.22 bits per heavy atom. The van der Waals surface area contributed by atoms with Crippen LogP contribution < -0.4 is 0 Å². The number of hydrogen-bond acceptors (Lipinski definition) is 3. The minimum Gasteiger partial charge on any atom is -0.458 e. The molecule has 3 heteroatoms. The lowest BCUT2D eigenvalue weighted by Crippen LogP contribution is -2.29. The largest absolute Gasteiger partial charge is 0.458 e. The monoisotopic (exact) mass is 246 g/mol. The van der Waals surface area contributed by atoms with Crippen LogP contribution in [0.4, 0.5) is 0 Å². The third-order valence-electron chi connectivity index (χ3n) is 4.77. The lowest BCUT2D eigenvalue weighted by Gasteiger charge is -2.25. The molecule has 0 amide bonds. The number of allylic oxidation sites excluding steroid dienone is 1. The summed E-state index contributed by atoms with van der Waals surface area (Å²) in [6.07, 6.45) is 1.71. The van der Waals surface area contributed by atoms with Crippen LogP contribution in [0.1, 0.15) is 19.3 Å². The van der Waals surface area contributed by atoms with Gasteiger partial charge in [0.2, 0.25) is 0 Å². The highest BCUT2D eigenvalue weighted by Crippen LogP contribution is 2.51. The highest BCUT2D eigenvalue weighted by atomic mass is 16.6. The summed E-state index contributed by atoms with van der Waals surface area (Å²) in [5.41, 5.74) is 2.51. The normalized spacial score (nSPS) is 43.5. The van der Waals surface area contributed by atoms with Crippen molar-refractivity contribution in [2.45, 2.75) is 31.5 Å². The van der Waals surface area contributed by atoms with Gasteiger partial charge in [-0.3, -0.25) is 0 Å². The molecule has 3 fully saturated rings. The lowest BCUT2D eigenvalue weighted by atomic mass is 9.82. The molecular weight excluding hydrogens is 228 g/mol. The number of fused-ring (bicyclic) bond motifs is 3. The number of carbonyl (C=O) groups excluding carboxylic acids is 1. The average Bonchev–Trinajstić information content (AvgIpc) is 2.72. The van der Waals surface area contributed by atoms with Gasteiger partial charge in [0.25, 0.3) is 0 Å². The molecule has 18 heavy (non-hydrogen) atoms. The van der Waals surface area contributed by atoms with Crippen molar-refractivity contribution < 1.29 is 14.6 Å². The molecule has 0 radical (unpaired) electrons. The first-order valence-corrected chi connectivity index (χ1v) is 6.45. The fourth-order valence-corrected chi connectivity index (χ4v) is 3.70. The lowest BCUT2D eigenvalue weighted by molar-refractivity contribution is -0.141. The molecule has 5 atom stereocenters. The second-order valence-corrected chi connectivity index (χ2v) is 5.66. The van der Waals surface area contributed by atoms with Gasteiger partial charge in [-0.25, -0.2) is 4.79 Å². The zero-order chi connectivity index (χ0) is 13.0.